The second-order valence-electron chi connectivity index (χ2n) is 7.03. The summed E-state index contributed by atoms with van der Waals surface area (Å²) in [4.78, 5) is 39.1. The first-order valence-corrected chi connectivity index (χ1v) is 9.93. The molecule has 7 nitrogen and oxygen atoms in total. The molecule has 2 N–H and O–H groups in total. The molecule has 154 valence electrons. The van der Waals surface area contributed by atoms with E-state index in [-0.39, 0.29) is 5.11 Å². The van der Waals surface area contributed by atoms with E-state index in [1.54, 1.807) is 24.3 Å². The number of hydrogen-bond donors (Lipinski definition) is 2. The number of fused-ring (bicyclic) bond motifs is 1. The third kappa shape index (κ3) is 4.06. The highest BCUT2D eigenvalue weighted by Gasteiger charge is 2.38. The lowest BCUT2D eigenvalue weighted by atomic mass is 10.0. The van der Waals surface area contributed by atoms with Gasteiger partial charge in [0, 0.05) is 11.8 Å². The summed E-state index contributed by atoms with van der Waals surface area (Å²) in [7, 11) is 0. The summed E-state index contributed by atoms with van der Waals surface area (Å²) in [5.74, 6) is -2.80. The van der Waals surface area contributed by atoms with E-state index < -0.39 is 23.6 Å². The lowest BCUT2D eigenvalue weighted by molar-refractivity contribution is -0.130. The van der Waals surface area contributed by atoms with Crippen LogP contribution in [0.1, 0.15) is 15.9 Å². The van der Waals surface area contributed by atoms with Crippen molar-refractivity contribution >= 4 is 57.7 Å². The van der Waals surface area contributed by atoms with Crippen LogP contribution in [0, 0.1) is 12.8 Å². The van der Waals surface area contributed by atoms with Gasteiger partial charge >= 0.3 is 0 Å². The number of thiocarbonyl (C=S) groups is 1. The Morgan fingerprint density at radius 2 is 1.77 bits per heavy atom. The number of nitrogens with zero attached hydrogens (tertiary/aromatic N) is 2. The minimum Gasteiger partial charge on any atom is -0.301 e. The van der Waals surface area contributed by atoms with E-state index in [4.69, 9.17) is 12.2 Å². The van der Waals surface area contributed by atoms with Gasteiger partial charge in [-0.2, -0.15) is 5.10 Å². The van der Waals surface area contributed by atoms with Crippen LogP contribution < -0.4 is 15.6 Å². The van der Waals surface area contributed by atoms with Gasteiger partial charge in [-0.15, -0.1) is 0 Å². The van der Waals surface area contributed by atoms with E-state index >= 15 is 0 Å². The van der Waals surface area contributed by atoms with Crippen molar-refractivity contribution in [2.45, 2.75) is 6.92 Å². The molecule has 0 aliphatic carbocycles. The van der Waals surface area contributed by atoms with Gasteiger partial charge in [-0.1, -0.05) is 54.1 Å². The molecule has 4 rings (SSSR count). The summed E-state index contributed by atoms with van der Waals surface area (Å²) >= 11 is 5.17. The van der Waals surface area contributed by atoms with Crippen LogP contribution in [-0.2, 0) is 9.59 Å². The van der Waals surface area contributed by atoms with Gasteiger partial charge in [-0.05, 0) is 48.1 Å². The lowest BCUT2D eigenvalue weighted by Gasteiger charge is -2.30. The molecule has 3 amide bonds. The molecule has 3 aromatic carbocycles. The minimum absolute atomic E-state index is 0.00305. The molecule has 1 fully saturated rings. The molecule has 1 aliphatic heterocycles. The molecule has 0 bridgehead atoms. The maximum absolute atomic E-state index is 12.9. The molecule has 31 heavy (non-hydrogen) atoms. The zero-order valence-corrected chi connectivity index (χ0v) is 17.3. The highest BCUT2D eigenvalue weighted by atomic mass is 32.1. The molecule has 0 aromatic heterocycles. The van der Waals surface area contributed by atoms with Crippen molar-refractivity contribution in [3.8, 4) is 0 Å². The topological polar surface area (TPSA) is 90.9 Å². The van der Waals surface area contributed by atoms with Crippen molar-refractivity contribution < 1.29 is 14.4 Å². The third-order valence-corrected chi connectivity index (χ3v) is 5.20. The molecule has 0 unspecified atom stereocenters. The molecular weight excluding hydrogens is 412 g/mol. The number of carbonyl (C=O) groups is 3. The second-order valence-corrected chi connectivity index (χ2v) is 7.41. The van der Waals surface area contributed by atoms with E-state index in [1.807, 2.05) is 49.4 Å². The Bertz CT molecular complexity index is 1230. The number of carbonyl (C=O) groups excluding carboxylic acids is 3. The van der Waals surface area contributed by atoms with E-state index in [0.717, 1.165) is 22.6 Å². The first-order chi connectivity index (χ1) is 15.0. The maximum Gasteiger partial charge on any atom is 0.271 e. The van der Waals surface area contributed by atoms with Crippen molar-refractivity contribution in [3.63, 3.8) is 0 Å². The highest BCUT2D eigenvalue weighted by molar-refractivity contribution is 7.80. The predicted octanol–water partition coefficient (Wildman–Crippen LogP) is 2.93. The van der Waals surface area contributed by atoms with Crippen LogP contribution in [0.4, 0.5) is 5.69 Å². The van der Waals surface area contributed by atoms with Crippen LogP contribution in [0.15, 0.2) is 71.8 Å². The highest BCUT2D eigenvalue weighted by Crippen LogP contribution is 2.21. The fraction of sp³-hybridized carbons (Fsp3) is 0.0870. The Hall–Kier alpha value is -3.91. The van der Waals surface area contributed by atoms with Gasteiger partial charge in [0.1, 0.15) is 0 Å². The molecule has 1 aliphatic rings. The lowest BCUT2D eigenvalue weighted by Crippen LogP contribution is -2.58. The zero-order valence-electron chi connectivity index (χ0n) is 16.5. The third-order valence-electron chi connectivity index (χ3n) is 4.92. The fourth-order valence-corrected chi connectivity index (χ4v) is 3.61. The largest absolute Gasteiger partial charge is 0.301 e. The molecule has 0 radical (unpaired) electrons. The number of amides is 3. The molecule has 0 saturated carbocycles. The number of aryl methyl sites for hydroxylation is 1. The standard InChI is InChI=1S/C23H18N4O3S/c1-14-9-11-16(12-10-14)27-22(30)19(20(28)25-23(27)31)13-24-26-21(29)18-8-4-6-15-5-2-3-7-17(15)18/h2-13,19H,1H3,(H,26,29)(H,25,28,31)/b24-13+/t19-/m1/s1. The summed E-state index contributed by atoms with van der Waals surface area (Å²) in [5.41, 5.74) is 4.41. The molecule has 1 atom stereocenters. The second kappa shape index (κ2) is 8.45. The molecule has 1 heterocycles. The normalized spacial score (nSPS) is 16.6. The number of rotatable bonds is 4. The van der Waals surface area contributed by atoms with Gasteiger partial charge in [-0.25, -0.2) is 5.43 Å². The monoisotopic (exact) mass is 430 g/mol. The Kier molecular flexibility index (Phi) is 5.55. The van der Waals surface area contributed by atoms with Gasteiger partial charge in [0.05, 0.1) is 5.69 Å². The summed E-state index contributed by atoms with van der Waals surface area (Å²) in [6.45, 7) is 1.93. The van der Waals surface area contributed by atoms with Gasteiger partial charge in [0.25, 0.3) is 11.8 Å². The average molecular weight is 430 g/mol. The van der Waals surface area contributed by atoms with Gasteiger partial charge in [0.15, 0.2) is 11.0 Å². The minimum atomic E-state index is -1.22. The fourth-order valence-electron chi connectivity index (χ4n) is 3.31. The van der Waals surface area contributed by atoms with Crippen molar-refractivity contribution in [2.75, 3.05) is 4.90 Å². The van der Waals surface area contributed by atoms with E-state index in [0.29, 0.717) is 11.3 Å². The Morgan fingerprint density at radius 3 is 2.55 bits per heavy atom. The first kappa shape index (κ1) is 20.4. The SMILES string of the molecule is Cc1ccc(N2C(=O)[C@H](/C=N/NC(=O)c3cccc4ccccc34)C(=O)NC2=S)cc1. The Morgan fingerprint density at radius 1 is 1.06 bits per heavy atom. The van der Waals surface area contributed by atoms with Crippen LogP contribution in [-0.4, -0.2) is 29.0 Å². The van der Waals surface area contributed by atoms with Crippen molar-refractivity contribution in [1.82, 2.24) is 10.7 Å². The van der Waals surface area contributed by atoms with Crippen LogP contribution in [0.5, 0.6) is 0 Å². The Labute approximate surface area is 183 Å². The van der Waals surface area contributed by atoms with Gasteiger partial charge < -0.3 is 5.32 Å². The summed E-state index contributed by atoms with van der Waals surface area (Å²) in [6.07, 6.45) is 1.11. The maximum atomic E-state index is 12.9. The van der Waals surface area contributed by atoms with Crippen LogP contribution in [0.2, 0.25) is 0 Å². The number of nitrogens with one attached hydrogen (secondary N) is 2. The predicted molar refractivity (Wildman–Crippen MR) is 123 cm³/mol. The first-order valence-electron chi connectivity index (χ1n) is 9.52. The van der Waals surface area contributed by atoms with Crippen molar-refractivity contribution in [3.05, 3.63) is 77.9 Å². The van der Waals surface area contributed by atoms with Gasteiger partial charge in [-0.3, -0.25) is 19.3 Å². The molecule has 8 heteroatoms. The molecule has 3 aromatic rings. The molecule has 1 saturated heterocycles. The van der Waals surface area contributed by atoms with Crippen LogP contribution in [0.3, 0.4) is 0 Å². The number of hydrazone groups is 1. The smallest absolute Gasteiger partial charge is 0.271 e. The van der Waals surface area contributed by atoms with Crippen molar-refractivity contribution in [2.24, 2.45) is 11.0 Å². The zero-order chi connectivity index (χ0) is 22.0. The van der Waals surface area contributed by atoms with E-state index in [9.17, 15) is 14.4 Å². The average Bonchev–Trinajstić information content (AvgIpc) is 2.76. The summed E-state index contributed by atoms with van der Waals surface area (Å²) in [5, 5.41) is 8.08. The van der Waals surface area contributed by atoms with Crippen LogP contribution >= 0.6 is 12.2 Å². The van der Waals surface area contributed by atoms with Crippen molar-refractivity contribution in [1.29, 1.82) is 0 Å². The van der Waals surface area contributed by atoms with Crippen LogP contribution in [0.25, 0.3) is 10.8 Å². The summed E-state index contributed by atoms with van der Waals surface area (Å²) < 4.78 is 0. The molecule has 0 spiro atoms. The van der Waals surface area contributed by atoms with Gasteiger partial charge in [0.2, 0.25) is 5.91 Å². The number of hydrogen-bond acceptors (Lipinski definition) is 5. The Balaban J connectivity index is 1.53. The van der Waals surface area contributed by atoms with E-state index in [1.165, 1.54) is 4.90 Å². The van der Waals surface area contributed by atoms with E-state index in [2.05, 4.69) is 15.8 Å². The summed E-state index contributed by atoms with van der Waals surface area (Å²) in [6, 6.07) is 20.0. The number of benzene rings is 3. The molecular formula is C23H18N4O3S. The number of anilines is 1. The quantitative estimate of drug-likeness (QED) is 0.288.